The van der Waals surface area contributed by atoms with Gasteiger partial charge in [0.25, 0.3) is 5.56 Å². The van der Waals surface area contributed by atoms with Gasteiger partial charge in [-0.05, 0) is 41.8 Å². The molecule has 1 unspecified atom stereocenters. The molecule has 0 radical (unpaired) electrons. The molecule has 4 aromatic rings. The van der Waals surface area contributed by atoms with Crippen molar-refractivity contribution in [2.75, 3.05) is 20.3 Å². The molecule has 41 heavy (non-hydrogen) atoms. The van der Waals surface area contributed by atoms with E-state index >= 15 is 0 Å². The standard InChI is InChI=1S/C33H30N2O5S/c1-23-29(32(37)39-21-20-38-2)30(26-16-18-27(19-17-26)40-22-25-12-7-4-8-13-25)35-31(36)28(41-33(35)34-23)15-9-14-24-10-5-3-6-11-24/h3-19,30H,20-22H2,1-2H3/b14-9+,28-15-. The first-order chi connectivity index (χ1) is 20.0. The van der Waals surface area contributed by atoms with Crippen molar-refractivity contribution < 1.29 is 19.0 Å². The maximum Gasteiger partial charge on any atom is 0.338 e. The molecular weight excluding hydrogens is 536 g/mol. The first-order valence-corrected chi connectivity index (χ1v) is 14.0. The monoisotopic (exact) mass is 566 g/mol. The van der Waals surface area contributed by atoms with Crippen molar-refractivity contribution in [3.05, 3.63) is 139 Å². The first kappa shape index (κ1) is 28.0. The molecule has 8 heteroatoms. The minimum absolute atomic E-state index is 0.0970. The SMILES string of the molecule is COCCOC(=O)C1=C(C)N=c2s/c(=C\C=C\c3ccccc3)c(=O)n2C1c1ccc(OCc2ccccc2)cc1. The zero-order chi connectivity index (χ0) is 28.6. The van der Waals surface area contributed by atoms with Crippen molar-refractivity contribution in [3.63, 3.8) is 0 Å². The molecule has 0 aliphatic carbocycles. The molecule has 7 nitrogen and oxygen atoms in total. The summed E-state index contributed by atoms with van der Waals surface area (Å²) >= 11 is 1.29. The predicted octanol–water partition coefficient (Wildman–Crippen LogP) is 4.67. The molecule has 208 valence electrons. The van der Waals surface area contributed by atoms with Crippen LogP contribution in [0.5, 0.6) is 5.75 Å². The fourth-order valence-corrected chi connectivity index (χ4v) is 5.50. The lowest BCUT2D eigenvalue weighted by Gasteiger charge is -2.25. The Bertz CT molecular complexity index is 1740. The van der Waals surface area contributed by atoms with Gasteiger partial charge in [0.15, 0.2) is 4.80 Å². The molecule has 1 aliphatic rings. The number of ether oxygens (including phenoxy) is 3. The van der Waals surface area contributed by atoms with Crippen LogP contribution in [0.25, 0.3) is 12.2 Å². The van der Waals surface area contributed by atoms with Crippen LogP contribution in [0.4, 0.5) is 0 Å². The largest absolute Gasteiger partial charge is 0.489 e. The summed E-state index contributed by atoms with van der Waals surface area (Å²) in [5.41, 5.74) is 3.44. The Morgan fingerprint density at radius 1 is 0.976 bits per heavy atom. The third kappa shape index (κ3) is 6.62. The molecule has 0 fully saturated rings. The highest BCUT2D eigenvalue weighted by molar-refractivity contribution is 7.07. The number of hydrogen-bond acceptors (Lipinski definition) is 7. The zero-order valence-corrected chi connectivity index (χ0v) is 23.7. The molecule has 0 saturated heterocycles. The summed E-state index contributed by atoms with van der Waals surface area (Å²) in [4.78, 5) is 32.2. The molecule has 2 heterocycles. The number of thiazole rings is 1. The maximum atomic E-state index is 13.7. The highest BCUT2D eigenvalue weighted by Crippen LogP contribution is 2.31. The van der Waals surface area contributed by atoms with Crippen molar-refractivity contribution in [3.8, 4) is 5.75 Å². The summed E-state index contributed by atoms with van der Waals surface area (Å²) in [7, 11) is 1.54. The van der Waals surface area contributed by atoms with Crippen molar-refractivity contribution in [1.29, 1.82) is 0 Å². The molecule has 0 N–H and O–H groups in total. The molecule has 5 rings (SSSR count). The molecule has 0 bridgehead atoms. The van der Waals surface area contributed by atoms with Crippen LogP contribution < -0.4 is 19.6 Å². The normalized spacial score (nSPS) is 15.1. The minimum Gasteiger partial charge on any atom is -0.489 e. The second-order valence-electron chi connectivity index (χ2n) is 9.35. The van der Waals surface area contributed by atoms with E-state index in [1.54, 1.807) is 24.7 Å². The van der Waals surface area contributed by atoms with Gasteiger partial charge in [0, 0.05) is 7.11 Å². The molecule has 0 amide bonds. The van der Waals surface area contributed by atoms with Gasteiger partial charge in [-0.3, -0.25) is 9.36 Å². The number of aromatic nitrogens is 1. The van der Waals surface area contributed by atoms with Gasteiger partial charge in [-0.2, -0.15) is 0 Å². The fourth-order valence-electron chi connectivity index (χ4n) is 4.51. The molecular formula is C33H30N2O5S. The number of benzene rings is 3. The number of hydrogen-bond donors (Lipinski definition) is 0. The quantitative estimate of drug-likeness (QED) is 0.206. The second kappa shape index (κ2) is 13.2. The van der Waals surface area contributed by atoms with Crippen LogP contribution in [-0.2, 0) is 20.9 Å². The van der Waals surface area contributed by atoms with E-state index in [2.05, 4.69) is 4.99 Å². The van der Waals surface area contributed by atoms with Crippen molar-refractivity contribution in [2.45, 2.75) is 19.6 Å². The Labute approximate surface area is 242 Å². The summed E-state index contributed by atoms with van der Waals surface area (Å²) in [5, 5.41) is 0. The van der Waals surface area contributed by atoms with Gasteiger partial charge in [0.1, 0.15) is 19.0 Å². The number of carbonyl (C=O) groups is 1. The molecule has 1 aromatic heterocycles. The zero-order valence-electron chi connectivity index (χ0n) is 22.9. The Kier molecular flexibility index (Phi) is 9.03. The number of rotatable bonds is 10. The first-order valence-electron chi connectivity index (χ1n) is 13.2. The number of fused-ring (bicyclic) bond motifs is 1. The van der Waals surface area contributed by atoms with Gasteiger partial charge in [-0.15, -0.1) is 0 Å². The number of nitrogens with zero attached hydrogens (tertiary/aromatic N) is 2. The van der Waals surface area contributed by atoms with Crippen molar-refractivity contribution in [2.24, 2.45) is 4.99 Å². The maximum absolute atomic E-state index is 13.7. The van der Waals surface area contributed by atoms with E-state index in [-0.39, 0.29) is 18.8 Å². The van der Waals surface area contributed by atoms with E-state index in [1.165, 1.54) is 11.3 Å². The van der Waals surface area contributed by atoms with Crippen LogP contribution >= 0.6 is 11.3 Å². The fraction of sp³-hybridized carbons (Fsp3) is 0.182. The number of esters is 1. The van der Waals surface area contributed by atoms with Gasteiger partial charge < -0.3 is 14.2 Å². The third-order valence-corrected chi connectivity index (χ3v) is 7.54. The average molecular weight is 567 g/mol. The highest BCUT2D eigenvalue weighted by Gasteiger charge is 2.33. The van der Waals surface area contributed by atoms with E-state index in [4.69, 9.17) is 14.2 Å². The second-order valence-corrected chi connectivity index (χ2v) is 10.4. The third-order valence-electron chi connectivity index (χ3n) is 6.54. The van der Waals surface area contributed by atoms with Crippen LogP contribution in [0, 0.1) is 0 Å². The van der Waals surface area contributed by atoms with Crippen LogP contribution in [0.1, 0.15) is 29.7 Å². The molecule has 0 spiro atoms. The Balaban J connectivity index is 1.50. The van der Waals surface area contributed by atoms with Crippen LogP contribution in [0.3, 0.4) is 0 Å². The lowest BCUT2D eigenvalue weighted by atomic mass is 9.96. The van der Waals surface area contributed by atoms with Gasteiger partial charge in [-0.1, -0.05) is 96.3 Å². The van der Waals surface area contributed by atoms with E-state index in [1.807, 2.05) is 97.1 Å². The van der Waals surface area contributed by atoms with Gasteiger partial charge in [-0.25, -0.2) is 9.79 Å². The summed E-state index contributed by atoms with van der Waals surface area (Å²) in [6.45, 7) is 2.57. The Hall–Kier alpha value is -4.53. The molecule has 3 aromatic carbocycles. The van der Waals surface area contributed by atoms with E-state index in [9.17, 15) is 9.59 Å². The Morgan fingerprint density at radius 3 is 2.39 bits per heavy atom. The number of methoxy groups -OCH3 is 1. The minimum atomic E-state index is -0.704. The summed E-state index contributed by atoms with van der Waals surface area (Å²) in [6, 6.07) is 26.5. The van der Waals surface area contributed by atoms with Crippen LogP contribution in [0.15, 0.2) is 112 Å². The van der Waals surface area contributed by atoms with Gasteiger partial charge in [0.05, 0.1) is 28.5 Å². The topological polar surface area (TPSA) is 79.1 Å². The van der Waals surface area contributed by atoms with Gasteiger partial charge in [0.2, 0.25) is 0 Å². The molecule has 1 atom stereocenters. The van der Waals surface area contributed by atoms with Crippen LogP contribution in [0.2, 0.25) is 0 Å². The summed E-state index contributed by atoms with van der Waals surface area (Å²) < 4.78 is 18.6. The summed E-state index contributed by atoms with van der Waals surface area (Å²) in [5.74, 6) is 0.150. The van der Waals surface area contributed by atoms with Crippen molar-refractivity contribution in [1.82, 2.24) is 4.57 Å². The molecule has 0 saturated carbocycles. The number of allylic oxidation sites excluding steroid dienone is 2. The van der Waals surface area contributed by atoms with Crippen LogP contribution in [-0.4, -0.2) is 30.9 Å². The van der Waals surface area contributed by atoms with E-state index < -0.39 is 12.0 Å². The average Bonchev–Trinajstić information content (AvgIpc) is 3.31. The summed E-state index contributed by atoms with van der Waals surface area (Å²) in [6.07, 6.45) is 5.57. The lowest BCUT2D eigenvalue weighted by molar-refractivity contribution is -0.140. The highest BCUT2D eigenvalue weighted by atomic mass is 32.1. The van der Waals surface area contributed by atoms with E-state index in [0.717, 1.165) is 16.7 Å². The smallest absolute Gasteiger partial charge is 0.338 e. The number of carbonyl (C=O) groups excluding carboxylic acids is 1. The van der Waals surface area contributed by atoms with E-state index in [0.29, 0.717) is 33.0 Å². The Morgan fingerprint density at radius 2 is 1.68 bits per heavy atom. The van der Waals surface area contributed by atoms with Gasteiger partial charge >= 0.3 is 5.97 Å². The predicted molar refractivity (Wildman–Crippen MR) is 160 cm³/mol. The van der Waals surface area contributed by atoms with Crippen molar-refractivity contribution >= 4 is 29.5 Å². The lowest BCUT2D eigenvalue weighted by Crippen LogP contribution is -2.40. The molecule has 1 aliphatic heterocycles.